The zero-order valence-corrected chi connectivity index (χ0v) is 18.3. The van der Waals surface area contributed by atoms with E-state index in [2.05, 4.69) is 6.07 Å². The van der Waals surface area contributed by atoms with E-state index in [1.807, 2.05) is 19.1 Å². The molecule has 0 aliphatic heterocycles. The number of carbonyl (C=O) groups is 1. The first-order valence-electron chi connectivity index (χ1n) is 9.80. The summed E-state index contributed by atoms with van der Waals surface area (Å²) in [6, 6.07) is 19.7. The van der Waals surface area contributed by atoms with Crippen LogP contribution in [0, 0.1) is 18.3 Å². The zero-order valence-electron chi connectivity index (χ0n) is 18.3. The predicted octanol–water partition coefficient (Wildman–Crippen LogP) is 5.30. The first kappa shape index (κ1) is 22.4. The van der Waals surface area contributed by atoms with Gasteiger partial charge in [-0.2, -0.15) is 5.26 Å². The maximum atomic E-state index is 12.4. The molecular formula is C26H23NO5. The number of hydrogen-bond donors (Lipinski definition) is 0. The van der Waals surface area contributed by atoms with Crippen LogP contribution in [-0.4, -0.2) is 27.3 Å². The Morgan fingerprint density at radius 2 is 1.38 bits per heavy atom. The fourth-order valence-electron chi connectivity index (χ4n) is 3.06. The Morgan fingerprint density at radius 1 is 0.781 bits per heavy atom. The van der Waals surface area contributed by atoms with Crippen LogP contribution >= 0.6 is 0 Å². The van der Waals surface area contributed by atoms with E-state index < -0.39 is 5.97 Å². The highest BCUT2D eigenvalue weighted by molar-refractivity contribution is 5.92. The van der Waals surface area contributed by atoms with Crippen molar-refractivity contribution in [1.82, 2.24) is 0 Å². The zero-order chi connectivity index (χ0) is 23.1. The number of aryl methyl sites for hydroxylation is 1. The van der Waals surface area contributed by atoms with Crippen molar-refractivity contribution in [1.29, 1.82) is 5.26 Å². The molecule has 3 rings (SSSR count). The maximum Gasteiger partial charge on any atom is 0.343 e. The highest BCUT2D eigenvalue weighted by Crippen LogP contribution is 2.33. The van der Waals surface area contributed by atoms with Crippen molar-refractivity contribution in [3.05, 3.63) is 82.9 Å². The largest absolute Gasteiger partial charge is 0.493 e. The van der Waals surface area contributed by atoms with E-state index in [0.717, 1.165) is 5.56 Å². The molecule has 0 saturated carbocycles. The molecule has 0 bridgehead atoms. The second kappa shape index (κ2) is 10.2. The molecule has 0 saturated heterocycles. The lowest BCUT2D eigenvalue weighted by atomic mass is 10.0. The number of ether oxygens (including phenoxy) is 4. The lowest BCUT2D eigenvalue weighted by Crippen LogP contribution is -2.09. The minimum absolute atomic E-state index is 0.292. The lowest BCUT2D eigenvalue weighted by Gasteiger charge is -2.11. The van der Waals surface area contributed by atoms with Crippen molar-refractivity contribution >= 4 is 17.6 Å². The summed E-state index contributed by atoms with van der Waals surface area (Å²) in [5.41, 5.74) is 3.32. The van der Waals surface area contributed by atoms with Gasteiger partial charge in [0.1, 0.15) is 0 Å². The molecule has 0 unspecified atom stereocenters. The first-order valence-corrected chi connectivity index (χ1v) is 9.80. The second-order valence-electron chi connectivity index (χ2n) is 6.91. The lowest BCUT2D eigenvalue weighted by molar-refractivity contribution is 0.0729. The molecule has 0 fully saturated rings. The standard InChI is InChI=1S/C26H23NO5/c1-17-5-8-19(9-6-17)26(28)32-23-11-7-18(14-24(23)30-3)13-21(16-27)20-10-12-22(29-2)25(15-20)31-4/h5-15H,1-4H3/b21-13-. The number of benzene rings is 3. The summed E-state index contributed by atoms with van der Waals surface area (Å²) in [5, 5.41) is 9.69. The molecule has 32 heavy (non-hydrogen) atoms. The quantitative estimate of drug-likeness (QED) is 0.219. The summed E-state index contributed by atoms with van der Waals surface area (Å²) in [6.45, 7) is 1.95. The van der Waals surface area contributed by atoms with Crippen LogP contribution < -0.4 is 18.9 Å². The van der Waals surface area contributed by atoms with Gasteiger partial charge in [0, 0.05) is 0 Å². The van der Waals surface area contributed by atoms with Gasteiger partial charge < -0.3 is 18.9 Å². The van der Waals surface area contributed by atoms with E-state index in [9.17, 15) is 10.1 Å². The summed E-state index contributed by atoms with van der Waals surface area (Å²) < 4.78 is 21.5. The second-order valence-corrected chi connectivity index (χ2v) is 6.91. The van der Waals surface area contributed by atoms with Crippen LogP contribution in [0.1, 0.15) is 27.0 Å². The number of methoxy groups -OCH3 is 3. The van der Waals surface area contributed by atoms with Gasteiger partial charge in [-0.05, 0) is 66.6 Å². The van der Waals surface area contributed by atoms with Crippen LogP contribution in [0.5, 0.6) is 23.0 Å². The van der Waals surface area contributed by atoms with Crippen LogP contribution in [0.25, 0.3) is 11.6 Å². The summed E-state index contributed by atoms with van der Waals surface area (Å²) in [5.74, 6) is 1.30. The topological polar surface area (TPSA) is 77.8 Å². The van der Waals surface area contributed by atoms with E-state index >= 15 is 0 Å². The van der Waals surface area contributed by atoms with Gasteiger partial charge in [0.05, 0.1) is 38.5 Å². The molecular weight excluding hydrogens is 406 g/mol. The molecule has 0 heterocycles. The summed E-state index contributed by atoms with van der Waals surface area (Å²) in [7, 11) is 4.59. The number of hydrogen-bond acceptors (Lipinski definition) is 6. The summed E-state index contributed by atoms with van der Waals surface area (Å²) >= 11 is 0. The maximum absolute atomic E-state index is 12.4. The van der Waals surface area contributed by atoms with Gasteiger partial charge in [0.25, 0.3) is 0 Å². The smallest absolute Gasteiger partial charge is 0.343 e. The Labute approximate surface area is 187 Å². The SMILES string of the molecule is COc1ccc(/C(C#N)=C\c2ccc(OC(=O)c3ccc(C)cc3)c(OC)c2)cc1OC. The third-order valence-electron chi connectivity index (χ3n) is 4.80. The number of nitrogens with zero attached hydrogens (tertiary/aromatic N) is 1. The van der Waals surface area contributed by atoms with Crippen LogP contribution in [0.4, 0.5) is 0 Å². The minimum Gasteiger partial charge on any atom is -0.493 e. The third kappa shape index (κ3) is 5.08. The molecule has 0 spiro atoms. The Morgan fingerprint density at radius 3 is 2.00 bits per heavy atom. The van der Waals surface area contributed by atoms with Crippen molar-refractivity contribution in [2.45, 2.75) is 6.92 Å². The van der Waals surface area contributed by atoms with Crippen LogP contribution in [0.15, 0.2) is 60.7 Å². The third-order valence-corrected chi connectivity index (χ3v) is 4.80. The van der Waals surface area contributed by atoms with Gasteiger partial charge in [0.2, 0.25) is 0 Å². The number of esters is 1. The normalized spacial score (nSPS) is 10.8. The molecule has 0 amide bonds. The first-order chi connectivity index (χ1) is 15.5. The van der Waals surface area contributed by atoms with Gasteiger partial charge in [-0.15, -0.1) is 0 Å². The fraction of sp³-hybridized carbons (Fsp3) is 0.154. The van der Waals surface area contributed by atoms with Crippen LogP contribution in [0.3, 0.4) is 0 Å². The van der Waals surface area contributed by atoms with Crippen molar-refractivity contribution in [3.8, 4) is 29.1 Å². The van der Waals surface area contributed by atoms with Gasteiger partial charge in [0.15, 0.2) is 23.0 Å². The average molecular weight is 429 g/mol. The van der Waals surface area contributed by atoms with Crippen LogP contribution in [-0.2, 0) is 0 Å². The van der Waals surface area contributed by atoms with E-state index in [4.69, 9.17) is 18.9 Å². The Balaban J connectivity index is 1.88. The molecule has 0 radical (unpaired) electrons. The van der Waals surface area contributed by atoms with Gasteiger partial charge in [-0.25, -0.2) is 4.79 Å². The van der Waals surface area contributed by atoms with E-state index in [0.29, 0.717) is 45.3 Å². The van der Waals surface area contributed by atoms with Crippen molar-refractivity contribution in [2.24, 2.45) is 0 Å². The van der Waals surface area contributed by atoms with Crippen molar-refractivity contribution in [2.75, 3.05) is 21.3 Å². The van der Waals surface area contributed by atoms with Gasteiger partial charge in [-0.3, -0.25) is 0 Å². The Bertz CT molecular complexity index is 1190. The summed E-state index contributed by atoms with van der Waals surface area (Å²) in [6.07, 6.45) is 1.72. The van der Waals surface area contributed by atoms with Crippen LogP contribution in [0.2, 0.25) is 0 Å². The van der Waals surface area contributed by atoms with Gasteiger partial charge >= 0.3 is 5.97 Å². The highest BCUT2D eigenvalue weighted by atomic mass is 16.6. The number of allylic oxidation sites excluding steroid dienone is 1. The molecule has 0 aromatic heterocycles. The average Bonchev–Trinajstić information content (AvgIpc) is 2.83. The number of nitriles is 1. The molecule has 0 atom stereocenters. The van der Waals surface area contributed by atoms with Crippen molar-refractivity contribution in [3.63, 3.8) is 0 Å². The molecule has 3 aromatic carbocycles. The predicted molar refractivity (Wildman–Crippen MR) is 122 cm³/mol. The monoisotopic (exact) mass is 429 g/mol. The molecule has 0 N–H and O–H groups in total. The Hall–Kier alpha value is -4.24. The van der Waals surface area contributed by atoms with E-state index in [-0.39, 0.29) is 0 Å². The molecule has 3 aromatic rings. The van der Waals surface area contributed by atoms with E-state index in [1.54, 1.807) is 68.8 Å². The number of carbonyl (C=O) groups excluding carboxylic acids is 1. The van der Waals surface area contributed by atoms with E-state index in [1.165, 1.54) is 7.11 Å². The fourth-order valence-corrected chi connectivity index (χ4v) is 3.06. The molecule has 0 aliphatic carbocycles. The molecule has 6 nitrogen and oxygen atoms in total. The van der Waals surface area contributed by atoms with Gasteiger partial charge in [-0.1, -0.05) is 23.8 Å². The summed E-state index contributed by atoms with van der Waals surface area (Å²) in [4.78, 5) is 12.4. The highest BCUT2D eigenvalue weighted by Gasteiger charge is 2.14. The minimum atomic E-state index is -0.477. The Kier molecular flexibility index (Phi) is 7.14. The number of rotatable bonds is 7. The molecule has 0 aliphatic rings. The molecule has 162 valence electrons. The van der Waals surface area contributed by atoms with Crippen molar-refractivity contribution < 1.29 is 23.7 Å². The molecule has 6 heteroatoms.